The second-order valence-corrected chi connectivity index (χ2v) is 6.21. The highest BCUT2D eigenvalue weighted by molar-refractivity contribution is 5.81. The number of non-ortho nitro benzene ring substituents is 1. The zero-order valence-electron chi connectivity index (χ0n) is 16.8. The van der Waals surface area contributed by atoms with Gasteiger partial charge in [-0.1, -0.05) is 0 Å². The van der Waals surface area contributed by atoms with Crippen molar-refractivity contribution in [1.82, 2.24) is 4.98 Å². The number of methoxy groups -OCH3 is 1. The van der Waals surface area contributed by atoms with E-state index in [2.05, 4.69) is 15.5 Å². The number of hydrogen-bond donors (Lipinski definition) is 1. The first-order valence-corrected chi connectivity index (χ1v) is 8.96. The van der Waals surface area contributed by atoms with E-state index >= 15 is 0 Å². The summed E-state index contributed by atoms with van der Waals surface area (Å²) in [5.41, 5.74) is 1.91. The lowest BCUT2D eigenvalue weighted by Crippen LogP contribution is -1.98. The Morgan fingerprint density at radius 2 is 1.58 bits per heavy atom. The molecule has 0 aliphatic heterocycles. The molecule has 0 spiro atoms. The Labute approximate surface area is 184 Å². The van der Waals surface area contributed by atoms with Gasteiger partial charge < -0.3 is 9.47 Å². The maximum atomic E-state index is 11.3. The van der Waals surface area contributed by atoms with Gasteiger partial charge in [0.2, 0.25) is 5.75 Å². The number of hydrogen-bond acceptors (Lipinski definition) is 11. The monoisotopic (exact) mass is 454 g/mol. The van der Waals surface area contributed by atoms with E-state index in [9.17, 15) is 30.3 Å². The maximum absolute atomic E-state index is 11.3. The largest absolute Gasteiger partial charge is 0.493 e. The molecule has 0 saturated heterocycles. The van der Waals surface area contributed by atoms with Gasteiger partial charge >= 0.3 is 5.69 Å². The molecular weight excluding hydrogens is 440 g/mol. The molecule has 168 valence electrons. The fraction of sp³-hybridized carbons (Fsp3) is 0.0526. The summed E-state index contributed by atoms with van der Waals surface area (Å²) in [6.45, 7) is 0. The predicted octanol–water partition coefficient (Wildman–Crippen LogP) is 4.05. The minimum absolute atomic E-state index is 0.104. The summed E-state index contributed by atoms with van der Waals surface area (Å²) < 4.78 is 10.8. The normalized spacial score (nSPS) is 10.6. The molecule has 3 aromatic rings. The van der Waals surface area contributed by atoms with Crippen LogP contribution in [0.5, 0.6) is 17.2 Å². The van der Waals surface area contributed by atoms with Crippen molar-refractivity contribution in [2.75, 3.05) is 12.5 Å². The van der Waals surface area contributed by atoms with E-state index in [0.717, 1.165) is 24.4 Å². The highest BCUT2D eigenvalue weighted by Gasteiger charge is 2.22. The fourth-order valence-corrected chi connectivity index (χ4v) is 2.55. The van der Waals surface area contributed by atoms with E-state index in [1.165, 1.54) is 37.6 Å². The standard InChI is InChI=1S/C19H14N6O8/c1-32-17-5-2-12(10-21-22-19-7-4-14(11-20-19)24(28)29)8-18(17)33-16-6-3-13(23(26)27)9-15(16)25(30)31/h2-11H,1H3,(H,20,22)/b21-10-. The van der Waals surface area contributed by atoms with Crippen LogP contribution in [0.25, 0.3) is 0 Å². The Hall–Kier alpha value is -5.14. The minimum atomic E-state index is -0.790. The Morgan fingerprint density at radius 3 is 2.18 bits per heavy atom. The molecule has 14 heteroatoms. The van der Waals surface area contributed by atoms with Crippen LogP contribution in [0, 0.1) is 30.3 Å². The molecule has 33 heavy (non-hydrogen) atoms. The van der Waals surface area contributed by atoms with Crippen molar-refractivity contribution in [2.45, 2.75) is 0 Å². The number of aromatic nitrogens is 1. The van der Waals surface area contributed by atoms with Crippen molar-refractivity contribution in [3.05, 3.63) is 90.6 Å². The first-order valence-electron chi connectivity index (χ1n) is 8.96. The lowest BCUT2D eigenvalue weighted by molar-refractivity contribution is -0.394. The van der Waals surface area contributed by atoms with Crippen LogP contribution in [0.2, 0.25) is 0 Å². The van der Waals surface area contributed by atoms with Gasteiger partial charge in [0.05, 0.1) is 34.2 Å². The van der Waals surface area contributed by atoms with Gasteiger partial charge in [-0.25, -0.2) is 4.98 Å². The molecule has 2 aromatic carbocycles. The summed E-state index contributed by atoms with van der Waals surface area (Å²) in [6, 6.07) is 10.3. The van der Waals surface area contributed by atoms with Gasteiger partial charge in [0.25, 0.3) is 11.4 Å². The van der Waals surface area contributed by atoms with Crippen LogP contribution in [0.3, 0.4) is 0 Å². The molecule has 0 saturated carbocycles. The molecule has 1 heterocycles. The molecule has 0 amide bonds. The van der Waals surface area contributed by atoms with Crippen LogP contribution in [-0.4, -0.2) is 33.1 Å². The molecule has 0 radical (unpaired) electrons. The van der Waals surface area contributed by atoms with Crippen molar-refractivity contribution in [3.8, 4) is 17.2 Å². The van der Waals surface area contributed by atoms with Gasteiger partial charge in [-0.3, -0.25) is 35.8 Å². The number of hydrazone groups is 1. The third-order valence-electron chi connectivity index (χ3n) is 4.11. The Balaban J connectivity index is 1.82. The molecular formula is C19H14N6O8. The summed E-state index contributed by atoms with van der Waals surface area (Å²) >= 11 is 0. The van der Waals surface area contributed by atoms with Gasteiger partial charge in [0.15, 0.2) is 11.5 Å². The molecule has 0 atom stereocenters. The second kappa shape index (κ2) is 9.78. The zero-order chi connectivity index (χ0) is 24.0. The molecule has 1 N–H and O–H groups in total. The molecule has 0 bridgehead atoms. The van der Waals surface area contributed by atoms with E-state index in [1.54, 1.807) is 6.07 Å². The average molecular weight is 454 g/mol. The van der Waals surface area contributed by atoms with Crippen LogP contribution in [0.1, 0.15) is 5.56 Å². The second-order valence-electron chi connectivity index (χ2n) is 6.21. The van der Waals surface area contributed by atoms with Gasteiger partial charge in [0, 0.05) is 12.1 Å². The summed E-state index contributed by atoms with van der Waals surface area (Å²) in [5, 5.41) is 36.9. The smallest absolute Gasteiger partial charge is 0.318 e. The third-order valence-corrected chi connectivity index (χ3v) is 4.11. The predicted molar refractivity (Wildman–Crippen MR) is 115 cm³/mol. The number of nitro benzene ring substituents is 2. The van der Waals surface area contributed by atoms with Crippen molar-refractivity contribution in [1.29, 1.82) is 0 Å². The Kier molecular flexibility index (Phi) is 6.68. The first kappa shape index (κ1) is 22.5. The van der Waals surface area contributed by atoms with E-state index < -0.39 is 26.1 Å². The maximum Gasteiger partial charge on any atom is 0.318 e. The van der Waals surface area contributed by atoms with Gasteiger partial charge in [-0.15, -0.1) is 0 Å². The highest BCUT2D eigenvalue weighted by atomic mass is 16.6. The van der Waals surface area contributed by atoms with Crippen molar-refractivity contribution in [3.63, 3.8) is 0 Å². The van der Waals surface area contributed by atoms with E-state index in [4.69, 9.17) is 9.47 Å². The highest BCUT2D eigenvalue weighted by Crippen LogP contribution is 2.38. The summed E-state index contributed by atoms with van der Waals surface area (Å²) in [5.74, 6) is 0.409. The molecule has 1 aromatic heterocycles. The number of benzene rings is 2. The van der Waals surface area contributed by atoms with Crippen LogP contribution in [0.4, 0.5) is 22.9 Å². The molecule has 0 aliphatic carbocycles. The third kappa shape index (κ3) is 5.52. The quantitative estimate of drug-likeness (QED) is 0.281. The Bertz CT molecular complexity index is 1250. The zero-order valence-corrected chi connectivity index (χ0v) is 16.8. The number of rotatable bonds is 9. The number of ether oxygens (including phenoxy) is 2. The van der Waals surface area contributed by atoms with Crippen LogP contribution < -0.4 is 14.9 Å². The van der Waals surface area contributed by atoms with Crippen LogP contribution in [-0.2, 0) is 0 Å². The molecule has 3 rings (SSSR count). The Morgan fingerprint density at radius 1 is 0.879 bits per heavy atom. The number of pyridine rings is 1. The van der Waals surface area contributed by atoms with Gasteiger partial charge in [-0.2, -0.15) is 5.10 Å². The number of nitro groups is 3. The van der Waals surface area contributed by atoms with E-state index in [1.807, 2.05) is 0 Å². The average Bonchev–Trinajstić information content (AvgIpc) is 2.79. The fourth-order valence-electron chi connectivity index (χ4n) is 2.55. The lowest BCUT2D eigenvalue weighted by atomic mass is 10.2. The van der Waals surface area contributed by atoms with E-state index in [-0.39, 0.29) is 28.8 Å². The lowest BCUT2D eigenvalue weighted by Gasteiger charge is -2.11. The van der Waals surface area contributed by atoms with Gasteiger partial charge in [0.1, 0.15) is 12.0 Å². The van der Waals surface area contributed by atoms with E-state index in [0.29, 0.717) is 5.56 Å². The number of anilines is 1. The minimum Gasteiger partial charge on any atom is -0.493 e. The van der Waals surface area contributed by atoms with Gasteiger partial charge in [-0.05, 0) is 35.9 Å². The van der Waals surface area contributed by atoms with Crippen molar-refractivity contribution in [2.24, 2.45) is 5.10 Å². The molecule has 0 fully saturated rings. The summed E-state index contributed by atoms with van der Waals surface area (Å²) in [7, 11) is 1.38. The number of nitrogens with one attached hydrogen (secondary N) is 1. The van der Waals surface area contributed by atoms with Crippen molar-refractivity contribution < 1.29 is 24.2 Å². The molecule has 14 nitrogen and oxygen atoms in total. The van der Waals surface area contributed by atoms with Crippen LogP contribution in [0.15, 0.2) is 59.8 Å². The molecule has 0 unspecified atom stereocenters. The molecule has 0 aliphatic rings. The summed E-state index contributed by atoms with van der Waals surface area (Å²) in [4.78, 5) is 34.6. The van der Waals surface area contributed by atoms with Crippen LogP contribution >= 0.6 is 0 Å². The summed E-state index contributed by atoms with van der Waals surface area (Å²) in [6.07, 6.45) is 2.47. The topological polar surface area (TPSA) is 185 Å². The first-order chi connectivity index (χ1) is 15.8. The van der Waals surface area contributed by atoms with Crippen molar-refractivity contribution >= 4 is 29.1 Å². The number of nitrogens with zero attached hydrogens (tertiary/aromatic N) is 5. The SMILES string of the molecule is COc1ccc(/C=N\Nc2ccc([N+](=O)[O-])cn2)cc1Oc1ccc([N+](=O)[O-])cc1[N+](=O)[O-].